The van der Waals surface area contributed by atoms with Crippen LogP contribution in [0.15, 0.2) is 28.9 Å². The summed E-state index contributed by atoms with van der Waals surface area (Å²) in [5.74, 6) is 1.54. The molecule has 2 saturated carbocycles. The fourth-order valence-corrected chi connectivity index (χ4v) is 6.08. The standard InChI is InChI=1S/C25H42N2S/c1-18(10-8-11-20(3)26-27-21(4)28)12-14-22-19(2)13-15-23-24(5,6)16-9-17-25(22,23)7/h10,22-23H,2,8-9,11-17H2,1,3-7H3,(H,27,28)/b18-10-,26-20+/t22?,23?,25-/m1/s1. The third-order valence-electron chi connectivity index (χ3n) is 7.55. The van der Waals surface area contributed by atoms with Crippen molar-refractivity contribution < 1.29 is 0 Å². The molecule has 0 aliphatic heterocycles. The lowest BCUT2D eigenvalue weighted by atomic mass is 9.47. The Labute approximate surface area is 179 Å². The summed E-state index contributed by atoms with van der Waals surface area (Å²) in [6.45, 7) is 18.3. The van der Waals surface area contributed by atoms with Crippen LogP contribution in [0.2, 0.25) is 0 Å². The van der Waals surface area contributed by atoms with Crippen LogP contribution in [0.25, 0.3) is 0 Å². The predicted molar refractivity (Wildman–Crippen MR) is 128 cm³/mol. The zero-order valence-corrected chi connectivity index (χ0v) is 20.0. The molecule has 2 fully saturated rings. The normalized spacial score (nSPS) is 30.7. The van der Waals surface area contributed by atoms with Crippen LogP contribution in [-0.4, -0.2) is 10.7 Å². The molecule has 0 amide bonds. The van der Waals surface area contributed by atoms with E-state index >= 15 is 0 Å². The highest BCUT2D eigenvalue weighted by Gasteiger charge is 2.52. The van der Waals surface area contributed by atoms with E-state index in [1.807, 2.05) is 6.92 Å². The molecule has 0 saturated heterocycles. The van der Waals surface area contributed by atoms with Crippen molar-refractivity contribution in [2.75, 3.05) is 0 Å². The van der Waals surface area contributed by atoms with Crippen molar-refractivity contribution >= 4 is 22.9 Å². The molecule has 3 atom stereocenters. The van der Waals surface area contributed by atoms with E-state index in [2.05, 4.69) is 57.8 Å². The van der Waals surface area contributed by atoms with Gasteiger partial charge >= 0.3 is 0 Å². The van der Waals surface area contributed by atoms with Gasteiger partial charge in [-0.1, -0.05) is 63.2 Å². The Morgan fingerprint density at radius 1 is 1.21 bits per heavy atom. The number of nitrogens with zero attached hydrogens (tertiary/aromatic N) is 1. The van der Waals surface area contributed by atoms with Crippen molar-refractivity contribution in [1.29, 1.82) is 0 Å². The van der Waals surface area contributed by atoms with Gasteiger partial charge in [0, 0.05) is 5.71 Å². The second-order valence-corrected chi connectivity index (χ2v) is 10.9. The predicted octanol–water partition coefficient (Wildman–Crippen LogP) is 7.60. The van der Waals surface area contributed by atoms with Crippen LogP contribution in [0.3, 0.4) is 0 Å². The molecule has 2 unspecified atom stereocenters. The van der Waals surface area contributed by atoms with E-state index in [0.717, 1.165) is 29.5 Å². The highest BCUT2D eigenvalue weighted by Crippen LogP contribution is 2.61. The van der Waals surface area contributed by atoms with Crippen LogP contribution in [0.5, 0.6) is 0 Å². The monoisotopic (exact) mass is 402 g/mol. The first-order valence-corrected chi connectivity index (χ1v) is 11.6. The quantitative estimate of drug-likeness (QED) is 0.205. The number of allylic oxidation sites excluding steroid dienone is 3. The zero-order valence-electron chi connectivity index (χ0n) is 19.2. The van der Waals surface area contributed by atoms with Gasteiger partial charge < -0.3 is 0 Å². The second kappa shape index (κ2) is 9.69. The summed E-state index contributed by atoms with van der Waals surface area (Å²) in [7, 11) is 0. The highest BCUT2D eigenvalue weighted by molar-refractivity contribution is 7.80. The largest absolute Gasteiger partial charge is 0.272 e. The van der Waals surface area contributed by atoms with E-state index in [9.17, 15) is 0 Å². The maximum absolute atomic E-state index is 5.00. The van der Waals surface area contributed by atoms with Gasteiger partial charge in [-0.15, -0.1) is 0 Å². The molecule has 1 N–H and O–H groups in total. The Hall–Kier alpha value is -0.960. The van der Waals surface area contributed by atoms with E-state index in [1.54, 1.807) is 0 Å². The lowest BCUT2D eigenvalue weighted by Gasteiger charge is -2.58. The molecule has 28 heavy (non-hydrogen) atoms. The first-order chi connectivity index (χ1) is 13.1. The van der Waals surface area contributed by atoms with Crippen LogP contribution >= 0.6 is 12.2 Å². The molecule has 0 aromatic carbocycles. The number of rotatable bonds is 7. The Balaban J connectivity index is 1.93. The van der Waals surface area contributed by atoms with Crippen LogP contribution in [0.4, 0.5) is 0 Å². The number of hydrazone groups is 1. The summed E-state index contributed by atoms with van der Waals surface area (Å²) in [5, 5.41) is 4.30. The van der Waals surface area contributed by atoms with Crippen LogP contribution < -0.4 is 5.43 Å². The number of nitrogens with one attached hydrogen (secondary N) is 1. The molecule has 0 heterocycles. The van der Waals surface area contributed by atoms with Gasteiger partial charge in [-0.25, -0.2) is 0 Å². The van der Waals surface area contributed by atoms with Crippen molar-refractivity contribution in [3.63, 3.8) is 0 Å². The van der Waals surface area contributed by atoms with E-state index < -0.39 is 0 Å². The average Bonchev–Trinajstić information content (AvgIpc) is 2.58. The van der Waals surface area contributed by atoms with Crippen molar-refractivity contribution in [2.24, 2.45) is 27.8 Å². The summed E-state index contributed by atoms with van der Waals surface area (Å²) < 4.78 is 0. The molecule has 2 rings (SSSR count). The molecule has 0 radical (unpaired) electrons. The maximum Gasteiger partial charge on any atom is 0.0930 e. The summed E-state index contributed by atoms with van der Waals surface area (Å²) >= 11 is 5.00. The van der Waals surface area contributed by atoms with E-state index in [-0.39, 0.29) is 0 Å². The SMILES string of the molecule is C=C1CCC2C(C)(C)CCC[C@]2(C)C1CC/C(C)=C\CC/C(C)=N/NC(C)=S. The fraction of sp³-hybridized carbons (Fsp3) is 0.760. The van der Waals surface area contributed by atoms with Gasteiger partial charge in [-0.2, -0.15) is 5.10 Å². The topological polar surface area (TPSA) is 24.4 Å². The lowest BCUT2D eigenvalue weighted by molar-refractivity contribution is -0.0539. The number of thiocarbonyl (C=S) groups is 1. The van der Waals surface area contributed by atoms with Gasteiger partial charge in [0.2, 0.25) is 0 Å². The van der Waals surface area contributed by atoms with Gasteiger partial charge in [0.05, 0.1) is 4.99 Å². The molecule has 2 aliphatic rings. The number of hydrogen-bond donors (Lipinski definition) is 1. The minimum Gasteiger partial charge on any atom is -0.272 e. The Bertz CT molecular complexity index is 643. The summed E-state index contributed by atoms with van der Waals surface area (Å²) in [6.07, 6.45) is 13.6. The number of hydrogen-bond acceptors (Lipinski definition) is 2. The zero-order chi connectivity index (χ0) is 20.9. The van der Waals surface area contributed by atoms with Crippen molar-refractivity contribution in [3.8, 4) is 0 Å². The maximum atomic E-state index is 5.00. The average molecular weight is 403 g/mol. The van der Waals surface area contributed by atoms with Gasteiger partial charge in [0.15, 0.2) is 0 Å². The highest BCUT2D eigenvalue weighted by atomic mass is 32.1. The molecular weight excluding hydrogens is 360 g/mol. The van der Waals surface area contributed by atoms with E-state index in [4.69, 9.17) is 12.2 Å². The van der Waals surface area contributed by atoms with Crippen molar-refractivity contribution in [2.45, 2.75) is 99.3 Å². The minimum absolute atomic E-state index is 0.449. The second-order valence-electron chi connectivity index (χ2n) is 10.3. The molecule has 158 valence electrons. The van der Waals surface area contributed by atoms with Crippen LogP contribution in [-0.2, 0) is 0 Å². The minimum atomic E-state index is 0.449. The summed E-state index contributed by atoms with van der Waals surface area (Å²) in [6, 6.07) is 0. The third kappa shape index (κ3) is 5.78. The van der Waals surface area contributed by atoms with Crippen LogP contribution in [0.1, 0.15) is 99.3 Å². The van der Waals surface area contributed by atoms with Gasteiger partial charge in [0.25, 0.3) is 0 Å². The smallest absolute Gasteiger partial charge is 0.0930 e. The number of fused-ring (bicyclic) bond motifs is 1. The Kier molecular flexibility index (Phi) is 8.07. The van der Waals surface area contributed by atoms with Gasteiger partial charge in [-0.3, -0.25) is 5.43 Å². The first-order valence-electron chi connectivity index (χ1n) is 11.2. The fourth-order valence-electron chi connectivity index (χ4n) is 6.04. The molecular formula is C25H42N2S. The molecule has 0 aromatic rings. The molecule has 3 heteroatoms. The Morgan fingerprint density at radius 3 is 2.61 bits per heavy atom. The first kappa shape index (κ1) is 23.3. The Morgan fingerprint density at radius 2 is 1.93 bits per heavy atom. The lowest BCUT2D eigenvalue weighted by Crippen LogP contribution is -2.49. The summed E-state index contributed by atoms with van der Waals surface area (Å²) in [5.41, 5.74) is 7.96. The molecule has 2 aliphatic carbocycles. The molecule has 2 nitrogen and oxygen atoms in total. The molecule has 0 aromatic heterocycles. The van der Waals surface area contributed by atoms with Gasteiger partial charge in [0.1, 0.15) is 0 Å². The third-order valence-corrected chi connectivity index (χ3v) is 7.64. The summed E-state index contributed by atoms with van der Waals surface area (Å²) in [4.78, 5) is 0.719. The van der Waals surface area contributed by atoms with Crippen molar-refractivity contribution in [1.82, 2.24) is 5.43 Å². The van der Waals surface area contributed by atoms with E-state index in [1.165, 1.54) is 56.1 Å². The molecule has 0 spiro atoms. The van der Waals surface area contributed by atoms with Crippen molar-refractivity contribution in [3.05, 3.63) is 23.8 Å². The molecule has 0 bridgehead atoms. The van der Waals surface area contributed by atoms with Crippen LogP contribution in [0, 0.1) is 22.7 Å². The van der Waals surface area contributed by atoms with Gasteiger partial charge in [-0.05, 0) is 94.8 Å². The van der Waals surface area contributed by atoms with E-state index in [0.29, 0.717) is 16.7 Å².